The van der Waals surface area contributed by atoms with E-state index in [1.54, 1.807) is 0 Å². The predicted molar refractivity (Wildman–Crippen MR) is 75.3 cm³/mol. The SMILES string of the molecule is COc1cc(OC)c(F)c(C#Cc2cc([N+](=O)[O-])nn2C)c1F. The molecule has 0 aliphatic heterocycles. The normalized spacial score (nSPS) is 9.96. The molecule has 1 aromatic carbocycles. The third kappa shape index (κ3) is 3.06. The summed E-state index contributed by atoms with van der Waals surface area (Å²) in [6.07, 6.45) is 0. The van der Waals surface area contributed by atoms with Crippen molar-refractivity contribution in [3.8, 4) is 23.3 Å². The number of aryl methyl sites for hydroxylation is 1. The van der Waals surface area contributed by atoms with E-state index in [4.69, 9.17) is 9.47 Å². The molecule has 0 fully saturated rings. The van der Waals surface area contributed by atoms with Gasteiger partial charge in [-0.25, -0.2) is 8.78 Å². The minimum atomic E-state index is -0.991. The van der Waals surface area contributed by atoms with Crippen LogP contribution in [0.25, 0.3) is 0 Å². The Kier molecular flexibility index (Phi) is 4.45. The predicted octanol–water partition coefficient (Wildman–Crippen LogP) is 2.02. The van der Waals surface area contributed by atoms with Gasteiger partial charge in [-0.2, -0.15) is 4.68 Å². The second kappa shape index (κ2) is 6.31. The first-order valence-electron chi connectivity index (χ1n) is 6.19. The molecule has 1 aromatic heterocycles. The summed E-state index contributed by atoms with van der Waals surface area (Å²) in [5.74, 6) is 1.88. The smallest absolute Gasteiger partial charge is 0.391 e. The number of methoxy groups -OCH3 is 2. The maximum Gasteiger partial charge on any atom is 0.391 e. The third-order valence-corrected chi connectivity index (χ3v) is 2.94. The zero-order valence-electron chi connectivity index (χ0n) is 12.4. The van der Waals surface area contributed by atoms with E-state index in [-0.39, 0.29) is 17.2 Å². The van der Waals surface area contributed by atoms with Gasteiger partial charge in [0, 0.05) is 6.07 Å². The maximum atomic E-state index is 14.1. The van der Waals surface area contributed by atoms with Gasteiger partial charge in [-0.3, -0.25) is 0 Å². The fourth-order valence-corrected chi connectivity index (χ4v) is 1.78. The molecule has 7 nitrogen and oxygen atoms in total. The summed E-state index contributed by atoms with van der Waals surface area (Å²) in [6, 6.07) is 2.16. The van der Waals surface area contributed by atoms with Crippen LogP contribution in [-0.2, 0) is 7.05 Å². The van der Waals surface area contributed by atoms with Gasteiger partial charge in [0.2, 0.25) is 0 Å². The Hall–Kier alpha value is -3.15. The molecule has 0 unspecified atom stereocenters. The molecule has 0 aliphatic carbocycles. The highest BCUT2D eigenvalue weighted by Gasteiger charge is 2.19. The van der Waals surface area contributed by atoms with Crippen molar-refractivity contribution in [3.63, 3.8) is 0 Å². The van der Waals surface area contributed by atoms with Crippen molar-refractivity contribution < 1.29 is 23.2 Å². The fraction of sp³-hybridized carbons (Fsp3) is 0.214. The van der Waals surface area contributed by atoms with Crippen LogP contribution in [0.1, 0.15) is 11.3 Å². The average Bonchev–Trinajstić information content (AvgIpc) is 2.89. The Labute approximate surface area is 129 Å². The largest absolute Gasteiger partial charge is 0.493 e. The summed E-state index contributed by atoms with van der Waals surface area (Å²) in [7, 11) is 3.87. The number of benzene rings is 1. The van der Waals surface area contributed by atoms with Crippen molar-refractivity contribution in [2.45, 2.75) is 0 Å². The Morgan fingerprint density at radius 3 is 2.17 bits per heavy atom. The van der Waals surface area contributed by atoms with Gasteiger partial charge in [0.05, 0.1) is 32.4 Å². The maximum absolute atomic E-state index is 14.1. The second-order valence-corrected chi connectivity index (χ2v) is 4.30. The van der Waals surface area contributed by atoms with Crippen molar-refractivity contribution >= 4 is 5.82 Å². The van der Waals surface area contributed by atoms with Gasteiger partial charge in [0.1, 0.15) is 11.3 Å². The molecule has 0 N–H and O–H groups in total. The zero-order valence-corrected chi connectivity index (χ0v) is 12.4. The highest BCUT2D eigenvalue weighted by Crippen LogP contribution is 2.30. The number of hydrogen-bond donors (Lipinski definition) is 0. The fourth-order valence-electron chi connectivity index (χ4n) is 1.78. The molecule has 1 heterocycles. The second-order valence-electron chi connectivity index (χ2n) is 4.30. The van der Waals surface area contributed by atoms with E-state index in [0.717, 1.165) is 16.8 Å². The van der Waals surface area contributed by atoms with Crippen LogP contribution in [0.3, 0.4) is 0 Å². The molecule has 9 heteroatoms. The van der Waals surface area contributed by atoms with E-state index in [0.29, 0.717) is 0 Å². The van der Waals surface area contributed by atoms with Crippen molar-refractivity contribution in [3.05, 3.63) is 45.1 Å². The molecule has 0 aliphatic rings. The van der Waals surface area contributed by atoms with Crippen LogP contribution in [0, 0.1) is 33.6 Å². The molecule has 0 saturated carbocycles. The summed E-state index contributed by atoms with van der Waals surface area (Å²) in [5.41, 5.74) is -0.442. The minimum Gasteiger partial charge on any atom is -0.493 e. The lowest BCUT2D eigenvalue weighted by molar-refractivity contribution is -0.389. The molecular weight excluding hydrogens is 312 g/mol. The van der Waals surface area contributed by atoms with Gasteiger partial charge in [-0.15, -0.1) is 0 Å². The van der Waals surface area contributed by atoms with Crippen LogP contribution in [0.5, 0.6) is 11.5 Å². The number of rotatable bonds is 3. The summed E-state index contributed by atoms with van der Waals surface area (Å²) >= 11 is 0. The summed E-state index contributed by atoms with van der Waals surface area (Å²) in [4.78, 5) is 9.95. The molecule has 0 saturated heterocycles. The van der Waals surface area contributed by atoms with E-state index in [1.165, 1.54) is 21.3 Å². The van der Waals surface area contributed by atoms with E-state index in [1.807, 2.05) is 0 Å². The third-order valence-electron chi connectivity index (χ3n) is 2.94. The van der Waals surface area contributed by atoms with Gasteiger partial charge in [-0.1, -0.05) is 5.92 Å². The van der Waals surface area contributed by atoms with E-state index < -0.39 is 27.9 Å². The lowest BCUT2D eigenvalue weighted by Crippen LogP contribution is -2.00. The average molecular weight is 323 g/mol. The van der Waals surface area contributed by atoms with Crippen molar-refractivity contribution in [2.75, 3.05) is 14.2 Å². The molecule has 0 radical (unpaired) electrons. The van der Waals surface area contributed by atoms with E-state index in [9.17, 15) is 18.9 Å². The first-order valence-corrected chi connectivity index (χ1v) is 6.19. The first-order chi connectivity index (χ1) is 10.9. The molecule has 0 atom stereocenters. The topological polar surface area (TPSA) is 79.4 Å². The summed E-state index contributed by atoms with van der Waals surface area (Å²) < 4.78 is 39.0. The molecule has 2 rings (SSSR count). The number of halogens is 2. The Bertz CT molecular complexity index is 809. The highest BCUT2D eigenvalue weighted by molar-refractivity contribution is 5.51. The Morgan fingerprint density at radius 1 is 1.17 bits per heavy atom. The molecule has 0 bridgehead atoms. The molecule has 0 amide bonds. The quantitative estimate of drug-likeness (QED) is 0.490. The zero-order chi connectivity index (χ0) is 17.1. The number of ether oxygens (including phenoxy) is 2. The first kappa shape index (κ1) is 16.2. The number of hydrogen-bond acceptors (Lipinski definition) is 5. The van der Waals surface area contributed by atoms with Gasteiger partial charge in [-0.05, 0) is 10.8 Å². The van der Waals surface area contributed by atoms with Crippen LogP contribution < -0.4 is 9.47 Å². The Morgan fingerprint density at radius 2 is 1.74 bits per heavy atom. The van der Waals surface area contributed by atoms with Gasteiger partial charge >= 0.3 is 5.82 Å². The van der Waals surface area contributed by atoms with E-state index in [2.05, 4.69) is 16.9 Å². The van der Waals surface area contributed by atoms with Crippen LogP contribution >= 0.6 is 0 Å². The van der Waals surface area contributed by atoms with Crippen molar-refractivity contribution in [1.82, 2.24) is 9.78 Å². The molecular formula is C14H11F2N3O4. The number of aromatic nitrogens is 2. The van der Waals surface area contributed by atoms with Crippen molar-refractivity contribution in [1.29, 1.82) is 0 Å². The molecule has 120 valence electrons. The van der Waals surface area contributed by atoms with Gasteiger partial charge in [0.25, 0.3) is 0 Å². The number of nitrogens with zero attached hydrogens (tertiary/aromatic N) is 3. The molecule has 23 heavy (non-hydrogen) atoms. The number of nitro groups is 1. The summed E-state index contributed by atoms with van der Waals surface area (Å²) in [6.45, 7) is 0. The highest BCUT2D eigenvalue weighted by atomic mass is 19.1. The standard InChI is InChI=1S/C14H11F2N3O4/c1-18-8(6-12(17-18)19(20)21)4-5-9-13(15)10(22-2)7-11(23-3)14(9)16/h6-7H,1-3H3. The lowest BCUT2D eigenvalue weighted by atomic mass is 10.1. The Balaban J connectivity index is 2.55. The van der Waals surface area contributed by atoms with Crippen LogP contribution in [0.15, 0.2) is 12.1 Å². The lowest BCUT2D eigenvalue weighted by Gasteiger charge is -2.08. The monoisotopic (exact) mass is 323 g/mol. The van der Waals surface area contributed by atoms with Crippen LogP contribution in [0.2, 0.25) is 0 Å². The van der Waals surface area contributed by atoms with Gasteiger partial charge < -0.3 is 19.6 Å². The summed E-state index contributed by atoms with van der Waals surface area (Å²) in [5, 5.41) is 14.3. The molecule has 2 aromatic rings. The van der Waals surface area contributed by atoms with Gasteiger partial charge in [0.15, 0.2) is 23.1 Å². The van der Waals surface area contributed by atoms with Crippen molar-refractivity contribution in [2.24, 2.45) is 7.05 Å². The van der Waals surface area contributed by atoms with E-state index >= 15 is 0 Å². The minimum absolute atomic E-state index is 0.122. The molecule has 0 spiro atoms. The van der Waals surface area contributed by atoms with Crippen LogP contribution in [-0.4, -0.2) is 28.9 Å². The van der Waals surface area contributed by atoms with Crippen LogP contribution in [0.4, 0.5) is 14.6 Å².